The van der Waals surface area contributed by atoms with Gasteiger partial charge in [0.25, 0.3) is 0 Å². The van der Waals surface area contributed by atoms with Gasteiger partial charge in [-0.1, -0.05) is 6.07 Å². The highest BCUT2D eigenvalue weighted by atomic mass is 127. The van der Waals surface area contributed by atoms with Gasteiger partial charge in [-0.3, -0.25) is 4.21 Å². The summed E-state index contributed by atoms with van der Waals surface area (Å²) in [5, 5.41) is 3.22. The summed E-state index contributed by atoms with van der Waals surface area (Å²) in [6, 6.07) is 8.14. The molecule has 0 aliphatic rings. The predicted octanol–water partition coefficient (Wildman–Crippen LogP) is 2.08. The zero-order valence-corrected chi connectivity index (χ0v) is 10.4. The molecule has 0 fully saturated rings. The van der Waals surface area contributed by atoms with Crippen LogP contribution in [0.2, 0.25) is 0 Å². The molecule has 1 aromatic rings. The van der Waals surface area contributed by atoms with Crippen molar-refractivity contribution >= 4 is 39.1 Å². The van der Waals surface area contributed by atoms with Crippen LogP contribution in [0.15, 0.2) is 24.3 Å². The zero-order valence-electron chi connectivity index (χ0n) is 7.42. The van der Waals surface area contributed by atoms with Crippen LogP contribution in [0.1, 0.15) is 0 Å². The molecule has 1 unspecified atom stereocenters. The van der Waals surface area contributed by atoms with E-state index >= 15 is 0 Å². The van der Waals surface area contributed by atoms with E-state index in [1.807, 2.05) is 18.2 Å². The van der Waals surface area contributed by atoms with Gasteiger partial charge in [-0.2, -0.15) is 0 Å². The smallest absolute Gasteiger partial charge is 0.0405 e. The van der Waals surface area contributed by atoms with Crippen LogP contribution in [0.3, 0.4) is 0 Å². The molecule has 0 spiro atoms. The summed E-state index contributed by atoms with van der Waals surface area (Å²) in [6.07, 6.45) is 1.72. The maximum atomic E-state index is 10.8. The molecule has 13 heavy (non-hydrogen) atoms. The van der Waals surface area contributed by atoms with Gasteiger partial charge in [0.05, 0.1) is 0 Å². The molecule has 1 N–H and O–H groups in total. The maximum absolute atomic E-state index is 10.8. The van der Waals surface area contributed by atoms with Crippen LogP contribution >= 0.6 is 22.6 Å². The van der Waals surface area contributed by atoms with Gasteiger partial charge in [0.2, 0.25) is 0 Å². The second kappa shape index (κ2) is 5.59. The minimum absolute atomic E-state index is 0.700. The van der Waals surface area contributed by atoms with Crippen LogP contribution in [0.25, 0.3) is 0 Å². The molecule has 0 radical (unpaired) electrons. The summed E-state index contributed by atoms with van der Waals surface area (Å²) in [5.74, 6) is 0.700. The van der Waals surface area contributed by atoms with E-state index < -0.39 is 10.8 Å². The lowest BCUT2D eigenvalue weighted by Crippen LogP contribution is -2.09. The Morgan fingerprint density at radius 2 is 2.31 bits per heavy atom. The molecule has 0 saturated heterocycles. The fraction of sp³-hybridized carbons (Fsp3) is 0.333. The Kier molecular flexibility index (Phi) is 4.72. The molecule has 0 aliphatic carbocycles. The van der Waals surface area contributed by atoms with E-state index in [0.29, 0.717) is 5.75 Å². The number of nitrogens with one attached hydrogen (secondary N) is 1. The average molecular weight is 309 g/mol. The summed E-state index contributed by atoms with van der Waals surface area (Å²) in [6.45, 7) is 0.767. The molecule has 2 nitrogen and oxygen atoms in total. The minimum Gasteiger partial charge on any atom is -0.384 e. The van der Waals surface area contributed by atoms with Crippen molar-refractivity contribution in [1.82, 2.24) is 0 Å². The van der Waals surface area contributed by atoms with Crippen molar-refractivity contribution < 1.29 is 4.21 Å². The molecule has 1 atom stereocenters. The Morgan fingerprint density at radius 3 is 2.92 bits per heavy atom. The summed E-state index contributed by atoms with van der Waals surface area (Å²) < 4.78 is 12.0. The van der Waals surface area contributed by atoms with Crippen LogP contribution < -0.4 is 5.32 Å². The van der Waals surface area contributed by atoms with Gasteiger partial charge in [-0.25, -0.2) is 0 Å². The van der Waals surface area contributed by atoms with Crippen LogP contribution in [-0.4, -0.2) is 22.8 Å². The highest BCUT2D eigenvalue weighted by Gasteiger charge is 1.93. The quantitative estimate of drug-likeness (QED) is 0.863. The van der Waals surface area contributed by atoms with Crippen molar-refractivity contribution in [2.24, 2.45) is 0 Å². The third-order valence-electron chi connectivity index (χ3n) is 1.54. The van der Waals surface area contributed by atoms with Crippen LogP contribution in [0, 0.1) is 3.57 Å². The Balaban J connectivity index is 2.41. The number of halogens is 1. The monoisotopic (exact) mass is 309 g/mol. The second-order valence-corrected chi connectivity index (χ2v) is 5.51. The van der Waals surface area contributed by atoms with E-state index in [1.165, 1.54) is 3.57 Å². The maximum Gasteiger partial charge on any atom is 0.0405 e. The molecule has 4 heteroatoms. The molecule has 0 amide bonds. The SMILES string of the molecule is CS(=O)CCNc1cccc(I)c1. The van der Waals surface area contributed by atoms with Crippen molar-refractivity contribution in [1.29, 1.82) is 0 Å². The molecule has 0 aromatic heterocycles. The van der Waals surface area contributed by atoms with Crippen LogP contribution in [0.4, 0.5) is 5.69 Å². The summed E-state index contributed by atoms with van der Waals surface area (Å²) in [4.78, 5) is 0. The molecule has 72 valence electrons. The number of rotatable bonds is 4. The van der Waals surface area contributed by atoms with Gasteiger partial charge in [0.1, 0.15) is 0 Å². The first-order valence-corrected chi connectivity index (χ1v) is 6.78. The number of hydrogen-bond acceptors (Lipinski definition) is 2. The average Bonchev–Trinajstić information content (AvgIpc) is 2.03. The van der Waals surface area contributed by atoms with E-state index in [1.54, 1.807) is 6.26 Å². The highest BCUT2D eigenvalue weighted by Crippen LogP contribution is 2.11. The lowest BCUT2D eigenvalue weighted by atomic mass is 10.3. The van der Waals surface area contributed by atoms with Gasteiger partial charge in [0, 0.05) is 38.6 Å². The number of hydrogen-bond donors (Lipinski definition) is 1. The second-order valence-electron chi connectivity index (χ2n) is 2.71. The fourth-order valence-corrected chi connectivity index (χ4v) is 1.87. The Morgan fingerprint density at radius 1 is 1.54 bits per heavy atom. The lowest BCUT2D eigenvalue weighted by Gasteiger charge is -2.04. The van der Waals surface area contributed by atoms with Crippen LogP contribution in [-0.2, 0) is 10.8 Å². The Hall–Kier alpha value is -0.100. The molecule has 0 saturated carbocycles. The van der Waals surface area contributed by atoms with Crippen molar-refractivity contribution in [2.75, 3.05) is 23.9 Å². The van der Waals surface area contributed by atoms with E-state index in [-0.39, 0.29) is 0 Å². The molecule has 1 rings (SSSR count). The minimum atomic E-state index is -0.709. The third-order valence-corrected chi connectivity index (χ3v) is 2.99. The summed E-state index contributed by atoms with van der Waals surface area (Å²) in [5.41, 5.74) is 1.09. The van der Waals surface area contributed by atoms with Crippen molar-refractivity contribution in [3.05, 3.63) is 27.8 Å². The molecular weight excluding hydrogens is 297 g/mol. The Bertz CT molecular complexity index is 303. The molecule has 0 bridgehead atoms. The fourth-order valence-electron chi connectivity index (χ4n) is 0.938. The van der Waals surface area contributed by atoms with Crippen molar-refractivity contribution in [3.8, 4) is 0 Å². The topological polar surface area (TPSA) is 29.1 Å². The standard InChI is InChI=1S/C9H12INOS/c1-13(12)6-5-11-9-4-2-3-8(10)7-9/h2-4,7,11H,5-6H2,1H3. The van der Waals surface area contributed by atoms with Crippen molar-refractivity contribution in [2.45, 2.75) is 0 Å². The molecule has 0 heterocycles. The van der Waals surface area contributed by atoms with E-state index in [0.717, 1.165) is 12.2 Å². The lowest BCUT2D eigenvalue weighted by molar-refractivity contribution is 0.687. The normalized spacial score (nSPS) is 12.5. The Labute approximate surface area is 94.7 Å². The predicted molar refractivity (Wildman–Crippen MR) is 66.6 cm³/mol. The van der Waals surface area contributed by atoms with E-state index in [4.69, 9.17) is 0 Å². The first kappa shape index (κ1) is 11.0. The highest BCUT2D eigenvalue weighted by molar-refractivity contribution is 14.1. The van der Waals surface area contributed by atoms with Gasteiger partial charge >= 0.3 is 0 Å². The van der Waals surface area contributed by atoms with Gasteiger partial charge in [-0.05, 0) is 40.8 Å². The third kappa shape index (κ3) is 4.61. The molecule has 0 aliphatic heterocycles. The first-order chi connectivity index (χ1) is 6.18. The summed E-state index contributed by atoms with van der Waals surface area (Å²) in [7, 11) is -0.709. The van der Waals surface area contributed by atoms with Gasteiger partial charge in [-0.15, -0.1) is 0 Å². The number of benzene rings is 1. The van der Waals surface area contributed by atoms with E-state index in [2.05, 4.69) is 34.0 Å². The van der Waals surface area contributed by atoms with E-state index in [9.17, 15) is 4.21 Å². The molecular formula is C9H12INOS. The van der Waals surface area contributed by atoms with Crippen LogP contribution in [0.5, 0.6) is 0 Å². The van der Waals surface area contributed by atoms with Gasteiger partial charge < -0.3 is 5.32 Å². The largest absolute Gasteiger partial charge is 0.384 e. The van der Waals surface area contributed by atoms with Gasteiger partial charge in [0.15, 0.2) is 0 Å². The zero-order chi connectivity index (χ0) is 9.68. The molecule has 1 aromatic carbocycles. The number of anilines is 1. The van der Waals surface area contributed by atoms with Crippen molar-refractivity contribution in [3.63, 3.8) is 0 Å². The first-order valence-electron chi connectivity index (χ1n) is 3.98. The summed E-state index contributed by atoms with van der Waals surface area (Å²) >= 11 is 2.27.